The van der Waals surface area contributed by atoms with Crippen LogP contribution >= 0.6 is 11.6 Å². The Morgan fingerprint density at radius 3 is 2.64 bits per heavy atom. The van der Waals surface area contributed by atoms with Crippen LogP contribution in [0.1, 0.15) is 18.6 Å². The van der Waals surface area contributed by atoms with Crippen LogP contribution < -0.4 is 0 Å². The maximum atomic E-state index is 12.8. The van der Waals surface area contributed by atoms with E-state index in [0.29, 0.717) is 5.56 Å². The molecule has 0 spiro atoms. The normalized spacial score (nSPS) is 12.6. The lowest BCUT2D eigenvalue weighted by atomic mass is 10.1. The SMILES string of the molecule is COC(C(C)=O)c1ccc(F)c(Cl)c1. The van der Waals surface area contributed by atoms with Gasteiger partial charge in [-0.05, 0) is 24.6 Å². The molecule has 76 valence electrons. The number of ether oxygens (including phenoxy) is 1. The van der Waals surface area contributed by atoms with Crippen LogP contribution in [-0.2, 0) is 9.53 Å². The van der Waals surface area contributed by atoms with E-state index in [9.17, 15) is 9.18 Å². The van der Waals surface area contributed by atoms with Gasteiger partial charge in [0.05, 0.1) is 5.02 Å². The van der Waals surface area contributed by atoms with E-state index in [0.717, 1.165) is 0 Å². The molecule has 0 saturated heterocycles. The van der Waals surface area contributed by atoms with Gasteiger partial charge in [-0.15, -0.1) is 0 Å². The molecule has 0 amide bonds. The topological polar surface area (TPSA) is 26.3 Å². The molecule has 0 aliphatic heterocycles. The molecule has 4 heteroatoms. The maximum Gasteiger partial charge on any atom is 0.163 e. The highest BCUT2D eigenvalue weighted by Crippen LogP contribution is 2.23. The van der Waals surface area contributed by atoms with Crippen LogP contribution in [0.4, 0.5) is 4.39 Å². The zero-order valence-electron chi connectivity index (χ0n) is 7.88. The molecule has 0 aliphatic carbocycles. The minimum absolute atomic E-state index is 0.00852. The van der Waals surface area contributed by atoms with E-state index in [2.05, 4.69) is 0 Å². The van der Waals surface area contributed by atoms with Gasteiger partial charge in [0, 0.05) is 7.11 Å². The summed E-state index contributed by atoms with van der Waals surface area (Å²) in [6.07, 6.45) is -0.673. The van der Waals surface area contributed by atoms with Gasteiger partial charge in [0.2, 0.25) is 0 Å². The molecule has 0 aliphatic rings. The molecule has 1 atom stereocenters. The molecule has 1 aromatic rings. The van der Waals surface area contributed by atoms with Crippen LogP contribution in [-0.4, -0.2) is 12.9 Å². The molecule has 0 saturated carbocycles. The highest BCUT2D eigenvalue weighted by Gasteiger charge is 2.16. The summed E-state index contributed by atoms with van der Waals surface area (Å²) < 4.78 is 17.8. The summed E-state index contributed by atoms with van der Waals surface area (Å²) in [5.41, 5.74) is 0.561. The van der Waals surface area contributed by atoms with Crippen molar-refractivity contribution in [2.75, 3.05) is 7.11 Å². The largest absolute Gasteiger partial charge is 0.369 e. The van der Waals surface area contributed by atoms with Gasteiger partial charge < -0.3 is 4.74 Å². The van der Waals surface area contributed by atoms with E-state index in [1.54, 1.807) is 0 Å². The van der Waals surface area contributed by atoms with Crippen LogP contribution in [0.2, 0.25) is 5.02 Å². The molecule has 0 radical (unpaired) electrons. The molecule has 0 N–H and O–H groups in total. The van der Waals surface area contributed by atoms with Crippen LogP contribution in [0.15, 0.2) is 18.2 Å². The molecule has 1 aromatic carbocycles. The highest BCUT2D eigenvalue weighted by molar-refractivity contribution is 6.30. The standard InChI is InChI=1S/C10H10ClFO2/c1-6(13)10(14-2)7-3-4-9(12)8(11)5-7/h3-5,10H,1-2H3. The van der Waals surface area contributed by atoms with Crippen molar-refractivity contribution in [1.82, 2.24) is 0 Å². The fraction of sp³-hybridized carbons (Fsp3) is 0.300. The number of halogens is 2. The summed E-state index contributed by atoms with van der Waals surface area (Å²) in [5, 5.41) is -0.00852. The second kappa shape index (κ2) is 4.53. The molecular formula is C10H10ClFO2. The van der Waals surface area contributed by atoms with Gasteiger partial charge in [-0.25, -0.2) is 4.39 Å². The lowest BCUT2D eigenvalue weighted by Crippen LogP contribution is -2.10. The first-order valence-corrected chi connectivity index (χ1v) is 4.42. The first-order chi connectivity index (χ1) is 6.56. The van der Waals surface area contributed by atoms with Crippen molar-refractivity contribution in [3.8, 4) is 0 Å². The van der Waals surface area contributed by atoms with Gasteiger partial charge in [-0.3, -0.25) is 4.79 Å². The van der Waals surface area contributed by atoms with E-state index in [1.165, 1.54) is 32.2 Å². The Morgan fingerprint density at radius 1 is 1.57 bits per heavy atom. The second-order valence-corrected chi connectivity index (χ2v) is 3.31. The zero-order valence-corrected chi connectivity index (χ0v) is 8.64. The van der Waals surface area contributed by atoms with Gasteiger partial charge in [-0.1, -0.05) is 17.7 Å². The Bertz CT molecular complexity index is 352. The van der Waals surface area contributed by atoms with E-state index in [-0.39, 0.29) is 10.8 Å². The van der Waals surface area contributed by atoms with Gasteiger partial charge in [0.1, 0.15) is 11.9 Å². The third-order valence-electron chi connectivity index (χ3n) is 1.85. The first kappa shape index (κ1) is 11.1. The molecule has 0 bridgehead atoms. The minimum Gasteiger partial charge on any atom is -0.369 e. The van der Waals surface area contributed by atoms with Crippen molar-refractivity contribution >= 4 is 17.4 Å². The number of carbonyl (C=O) groups excluding carboxylic acids is 1. The van der Waals surface area contributed by atoms with E-state index >= 15 is 0 Å². The maximum absolute atomic E-state index is 12.8. The summed E-state index contributed by atoms with van der Waals surface area (Å²) >= 11 is 5.58. The van der Waals surface area contributed by atoms with Crippen molar-refractivity contribution < 1.29 is 13.9 Å². The Kier molecular flexibility index (Phi) is 3.61. The zero-order chi connectivity index (χ0) is 10.7. The number of rotatable bonds is 3. The fourth-order valence-electron chi connectivity index (χ4n) is 1.21. The van der Waals surface area contributed by atoms with Gasteiger partial charge in [0.25, 0.3) is 0 Å². The van der Waals surface area contributed by atoms with Gasteiger partial charge in [0.15, 0.2) is 5.78 Å². The number of benzene rings is 1. The Morgan fingerprint density at radius 2 is 2.21 bits per heavy atom. The number of carbonyl (C=O) groups is 1. The van der Waals surface area contributed by atoms with Crippen molar-refractivity contribution in [1.29, 1.82) is 0 Å². The predicted molar refractivity (Wildman–Crippen MR) is 51.8 cm³/mol. The van der Waals surface area contributed by atoms with E-state index in [4.69, 9.17) is 16.3 Å². The fourth-order valence-corrected chi connectivity index (χ4v) is 1.40. The number of hydrogen-bond acceptors (Lipinski definition) is 2. The number of hydrogen-bond donors (Lipinski definition) is 0. The average molecular weight is 217 g/mol. The summed E-state index contributed by atoms with van der Waals surface area (Å²) in [7, 11) is 1.42. The minimum atomic E-state index is -0.673. The van der Waals surface area contributed by atoms with Crippen molar-refractivity contribution in [2.24, 2.45) is 0 Å². The summed E-state index contributed by atoms with van der Waals surface area (Å²) in [6.45, 7) is 1.41. The predicted octanol–water partition coefficient (Wildman–Crippen LogP) is 2.76. The monoisotopic (exact) mass is 216 g/mol. The Hall–Kier alpha value is -0.930. The van der Waals surface area contributed by atoms with E-state index in [1.807, 2.05) is 0 Å². The third-order valence-corrected chi connectivity index (χ3v) is 2.14. The third kappa shape index (κ3) is 2.30. The van der Waals surface area contributed by atoms with E-state index < -0.39 is 11.9 Å². The van der Waals surface area contributed by atoms with Gasteiger partial charge in [-0.2, -0.15) is 0 Å². The lowest BCUT2D eigenvalue weighted by Gasteiger charge is -2.12. The van der Waals surface area contributed by atoms with Crippen LogP contribution in [0.25, 0.3) is 0 Å². The Balaban J connectivity index is 3.06. The quantitative estimate of drug-likeness (QED) is 0.777. The molecule has 0 aromatic heterocycles. The molecule has 0 heterocycles. The molecule has 1 unspecified atom stereocenters. The van der Waals surface area contributed by atoms with Crippen molar-refractivity contribution in [2.45, 2.75) is 13.0 Å². The highest BCUT2D eigenvalue weighted by atomic mass is 35.5. The second-order valence-electron chi connectivity index (χ2n) is 2.90. The summed E-state index contributed by atoms with van der Waals surface area (Å²) in [4.78, 5) is 11.1. The van der Waals surface area contributed by atoms with Gasteiger partial charge >= 0.3 is 0 Å². The first-order valence-electron chi connectivity index (χ1n) is 4.04. The number of methoxy groups -OCH3 is 1. The molecule has 14 heavy (non-hydrogen) atoms. The molecular weight excluding hydrogens is 207 g/mol. The summed E-state index contributed by atoms with van der Waals surface area (Å²) in [6, 6.07) is 4.09. The van der Waals surface area contributed by atoms with Crippen LogP contribution in [0, 0.1) is 5.82 Å². The lowest BCUT2D eigenvalue weighted by molar-refractivity contribution is -0.126. The average Bonchev–Trinajstić information content (AvgIpc) is 2.11. The van der Waals surface area contributed by atoms with Crippen LogP contribution in [0.3, 0.4) is 0 Å². The Labute approximate surface area is 86.6 Å². The molecule has 1 rings (SSSR count). The van der Waals surface area contributed by atoms with Crippen molar-refractivity contribution in [3.05, 3.63) is 34.6 Å². The smallest absolute Gasteiger partial charge is 0.163 e. The molecule has 0 fully saturated rings. The summed E-state index contributed by atoms with van der Waals surface area (Å²) in [5.74, 6) is -0.649. The molecule has 2 nitrogen and oxygen atoms in total. The number of ketones is 1. The van der Waals surface area contributed by atoms with Crippen LogP contribution in [0.5, 0.6) is 0 Å². The van der Waals surface area contributed by atoms with Crippen molar-refractivity contribution in [3.63, 3.8) is 0 Å². The number of Topliss-reactive ketones (excluding diaryl/α,β-unsaturated/α-hetero) is 1.